The van der Waals surface area contributed by atoms with Crippen LogP contribution in [0.2, 0.25) is 0 Å². The minimum atomic E-state index is -0.257. The maximum absolute atomic E-state index is 9.90. The van der Waals surface area contributed by atoms with Crippen molar-refractivity contribution < 1.29 is 19.3 Å². The van der Waals surface area contributed by atoms with Crippen LogP contribution in [-0.4, -0.2) is 64.4 Å². The molecule has 0 aromatic carbocycles. The fourth-order valence-electron chi connectivity index (χ4n) is 1.86. The third kappa shape index (κ3) is 11.3. The molecule has 0 aromatic heterocycles. The van der Waals surface area contributed by atoms with E-state index in [1.54, 1.807) is 7.11 Å². The molecule has 0 heterocycles. The quantitative estimate of drug-likeness (QED) is 0.465. The predicted molar refractivity (Wildman–Crippen MR) is 76.5 cm³/mol. The second kappa shape index (κ2) is 14.2. The summed E-state index contributed by atoms with van der Waals surface area (Å²) in [7, 11) is 1.65. The number of rotatable bonds is 14. The molecule has 5 nitrogen and oxygen atoms in total. The van der Waals surface area contributed by atoms with Crippen LogP contribution in [0, 0.1) is 5.92 Å². The highest BCUT2D eigenvalue weighted by atomic mass is 16.5. The van der Waals surface area contributed by atoms with E-state index in [4.69, 9.17) is 14.2 Å². The second-order valence-electron chi connectivity index (χ2n) is 4.57. The summed E-state index contributed by atoms with van der Waals surface area (Å²) in [5.41, 5.74) is 0. The third-order valence-electron chi connectivity index (χ3n) is 3.17. The monoisotopic (exact) mass is 277 g/mol. The molecular weight excluding hydrogens is 246 g/mol. The van der Waals surface area contributed by atoms with E-state index < -0.39 is 0 Å². The summed E-state index contributed by atoms with van der Waals surface area (Å²) in [6.45, 7) is 8.70. The van der Waals surface area contributed by atoms with Gasteiger partial charge in [-0.15, -0.1) is 0 Å². The molecule has 5 heteroatoms. The lowest BCUT2D eigenvalue weighted by atomic mass is 9.97. The van der Waals surface area contributed by atoms with Gasteiger partial charge < -0.3 is 24.6 Å². The van der Waals surface area contributed by atoms with Crippen molar-refractivity contribution in [2.24, 2.45) is 5.92 Å². The van der Waals surface area contributed by atoms with Crippen LogP contribution >= 0.6 is 0 Å². The van der Waals surface area contributed by atoms with E-state index in [1.165, 1.54) is 0 Å². The molecule has 0 aliphatic heterocycles. The van der Waals surface area contributed by atoms with Crippen molar-refractivity contribution in [1.82, 2.24) is 5.32 Å². The molecule has 19 heavy (non-hydrogen) atoms. The summed E-state index contributed by atoms with van der Waals surface area (Å²) >= 11 is 0. The molecule has 0 bridgehead atoms. The third-order valence-corrected chi connectivity index (χ3v) is 3.17. The van der Waals surface area contributed by atoms with Gasteiger partial charge in [0.15, 0.2) is 0 Å². The van der Waals surface area contributed by atoms with Crippen molar-refractivity contribution in [1.29, 1.82) is 0 Å². The lowest BCUT2D eigenvalue weighted by molar-refractivity contribution is 0.0246. The molecule has 0 radical (unpaired) electrons. The van der Waals surface area contributed by atoms with Gasteiger partial charge in [0.05, 0.1) is 39.1 Å². The van der Waals surface area contributed by atoms with Crippen molar-refractivity contribution in [2.75, 3.05) is 53.2 Å². The topological polar surface area (TPSA) is 60.0 Å². The minimum Gasteiger partial charge on any atom is -0.392 e. The number of methoxy groups -OCH3 is 1. The van der Waals surface area contributed by atoms with E-state index in [9.17, 15) is 5.11 Å². The van der Waals surface area contributed by atoms with Gasteiger partial charge >= 0.3 is 0 Å². The first-order chi connectivity index (χ1) is 9.26. The van der Waals surface area contributed by atoms with Crippen molar-refractivity contribution in [3.63, 3.8) is 0 Å². The van der Waals surface area contributed by atoms with Gasteiger partial charge in [0.2, 0.25) is 0 Å². The smallest absolute Gasteiger partial charge is 0.0701 e. The van der Waals surface area contributed by atoms with Crippen molar-refractivity contribution >= 4 is 0 Å². The first kappa shape index (κ1) is 18.8. The van der Waals surface area contributed by atoms with Crippen molar-refractivity contribution in [2.45, 2.75) is 32.8 Å². The van der Waals surface area contributed by atoms with Gasteiger partial charge in [0, 0.05) is 20.2 Å². The summed E-state index contributed by atoms with van der Waals surface area (Å²) in [4.78, 5) is 0. The molecule has 0 amide bonds. The zero-order valence-corrected chi connectivity index (χ0v) is 12.7. The van der Waals surface area contributed by atoms with Crippen molar-refractivity contribution in [3.05, 3.63) is 0 Å². The van der Waals surface area contributed by atoms with E-state index >= 15 is 0 Å². The average molecular weight is 277 g/mol. The maximum Gasteiger partial charge on any atom is 0.0701 e. The van der Waals surface area contributed by atoms with Gasteiger partial charge in [-0.3, -0.25) is 0 Å². The van der Waals surface area contributed by atoms with E-state index in [1.807, 2.05) is 0 Å². The summed E-state index contributed by atoms with van der Waals surface area (Å²) in [5, 5.41) is 13.1. The number of nitrogens with one attached hydrogen (secondary N) is 1. The van der Waals surface area contributed by atoms with Gasteiger partial charge in [0.25, 0.3) is 0 Å². The molecule has 0 aliphatic rings. The fraction of sp³-hybridized carbons (Fsp3) is 1.00. The highest BCUT2D eigenvalue weighted by molar-refractivity contribution is 4.68. The summed E-state index contributed by atoms with van der Waals surface area (Å²) < 4.78 is 15.5. The molecule has 0 spiro atoms. The Labute approximate surface area is 117 Å². The second-order valence-corrected chi connectivity index (χ2v) is 4.57. The molecule has 0 rings (SSSR count). The van der Waals surface area contributed by atoms with Crippen LogP contribution in [0.4, 0.5) is 0 Å². The van der Waals surface area contributed by atoms with E-state index in [2.05, 4.69) is 19.2 Å². The Morgan fingerprint density at radius 1 is 0.947 bits per heavy atom. The number of aliphatic hydroxyl groups is 1. The normalized spacial score (nSPS) is 13.1. The van der Waals surface area contributed by atoms with Gasteiger partial charge in [-0.1, -0.05) is 26.7 Å². The molecule has 0 aliphatic carbocycles. The molecule has 0 fully saturated rings. The van der Waals surface area contributed by atoms with Gasteiger partial charge in [-0.05, 0) is 5.92 Å². The molecule has 0 saturated carbocycles. The van der Waals surface area contributed by atoms with Crippen LogP contribution in [0.5, 0.6) is 0 Å². The zero-order chi connectivity index (χ0) is 14.3. The predicted octanol–water partition coefficient (Wildman–Crippen LogP) is 1.05. The summed E-state index contributed by atoms with van der Waals surface area (Å²) in [6, 6.07) is 0. The molecule has 2 N–H and O–H groups in total. The standard InChI is InChI=1S/C14H31NO4/c1-4-13(5-2)14(16)12-15-6-7-18-10-11-19-9-8-17-3/h13-16H,4-12H2,1-3H3. The summed E-state index contributed by atoms with van der Waals surface area (Å²) in [6.07, 6.45) is 1.79. The Balaban J connectivity index is 3.22. The number of hydrogen-bond donors (Lipinski definition) is 2. The van der Waals surface area contributed by atoms with E-state index in [0.29, 0.717) is 45.5 Å². The van der Waals surface area contributed by atoms with Crippen LogP contribution < -0.4 is 5.32 Å². The Hall–Kier alpha value is -0.200. The van der Waals surface area contributed by atoms with Gasteiger partial charge in [-0.25, -0.2) is 0 Å². The first-order valence-corrected chi connectivity index (χ1v) is 7.29. The van der Waals surface area contributed by atoms with Crippen LogP contribution in [-0.2, 0) is 14.2 Å². The SMILES string of the molecule is CCC(CC)C(O)CNCCOCCOCCOC. The molecular formula is C14H31NO4. The highest BCUT2D eigenvalue weighted by Gasteiger charge is 2.14. The summed E-state index contributed by atoms with van der Waals surface area (Å²) in [5.74, 6) is 0.391. The number of aliphatic hydroxyl groups excluding tert-OH is 1. The maximum atomic E-state index is 9.90. The van der Waals surface area contributed by atoms with Crippen LogP contribution in [0.15, 0.2) is 0 Å². The number of ether oxygens (including phenoxy) is 3. The molecule has 116 valence electrons. The molecule has 1 unspecified atom stereocenters. The number of hydrogen-bond acceptors (Lipinski definition) is 5. The Morgan fingerprint density at radius 2 is 1.53 bits per heavy atom. The largest absolute Gasteiger partial charge is 0.392 e. The Morgan fingerprint density at radius 3 is 2.11 bits per heavy atom. The highest BCUT2D eigenvalue weighted by Crippen LogP contribution is 2.11. The van der Waals surface area contributed by atoms with E-state index in [-0.39, 0.29) is 6.10 Å². The first-order valence-electron chi connectivity index (χ1n) is 7.29. The lowest BCUT2D eigenvalue weighted by Crippen LogP contribution is -2.34. The van der Waals surface area contributed by atoms with Crippen LogP contribution in [0.3, 0.4) is 0 Å². The fourth-order valence-corrected chi connectivity index (χ4v) is 1.86. The van der Waals surface area contributed by atoms with Crippen LogP contribution in [0.1, 0.15) is 26.7 Å². The van der Waals surface area contributed by atoms with Crippen LogP contribution in [0.25, 0.3) is 0 Å². The van der Waals surface area contributed by atoms with E-state index in [0.717, 1.165) is 19.4 Å². The molecule has 0 saturated heterocycles. The van der Waals surface area contributed by atoms with Gasteiger partial charge in [-0.2, -0.15) is 0 Å². The Bertz CT molecular complexity index is 177. The minimum absolute atomic E-state index is 0.257. The van der Waals surface area contributed by atoms with Crippen molar-refractivity contribution in [3.8, 4) is 0 Å². The lowest BCUT2D eigenvalue weighted by Gasteiger charge is -2.20. The molecule has 0 aromatic rings. The van der Waals surface area contributed by atoms with Gasteiger partial charge in [0.1, 0.15) is 0 Å². The average Bonchev–Trinajstić information content (AvgIpc) is 2.42. The zero-order valence-electron chi connectivity index (χ0n) is 12.7. The Kier molecular flexibility index (Phi) is 14.1. The molecule has 1 atom stereocenters.